The molecule has 0 bridgehead atoms. The number of carbonyl (C=O) groups is 1. The molecule has 0 unspecified atom stereocenters. The number of carbonyl (C=O) groups excluding carboxylic acids is 1. The summed E-state index contributed by atoms with van der Waals surface area (Å²) in [7, 11) is 0. The van der Waals surface area contributed by atoms with Gasteiger partial charge in [-0.25, -0.2) is 0 Å². The van der Waals surface area contributed by atoms with E-state index in [4.69, 9.17) is 9.15 Å². The van der Waals surface area contributed by atoms with Gasteiger partial charge in [-0.3, -0.25) is 9.78 Å². The molecule has 0 aliphatic carbocycles. The second kappa shape index (κ2) is 6.09. The molecule has 1 aromatic carbocycles. The number of aromatic nitrogens is 1. The number of hydrogen-bond donors (Lipinski definition) is 1. The highest BCUT2D eigenvalue weighted by Crippen LogP contribution is 2.22. The lowest BCUT2D eigenvalue weighted by atomic mass is 10.2. The molecule has 1 N–H and O–H groups in total. The number of para-hydroxylation sites is 1. The maximum Gasteiger partial charge on any atom is 0.258 e. The van der Waals surface area contributed by atoms with Crippen molar-refractivity contribution in [2.24, 2.45) is 0 Å². The average molecular weight is 282 g/mol. The zero-order valence-electron chi connectivity index (χ0n) is 11.3. The number of hydrogen-bond acceptors (Lipinski definition) is 4. The standard InChI is InChI=1S/C16H14N2O3/c19-15(18-10-13-6-3-9-20-13)11-21-14-7-1-4-12-5-2-8-17-16(12)14/h1-9H,10-11H2,(H,18,19). The monoisotopic (exact) mass is 282 g/mol. The Balaban J connectivity index is 1.60. The van der Waals surface area contributed by atoms with Gasteiger partial charge in [-0.05, 0) is 24.3 Å². The van der Waals surface area contributed by atoms with Crippen molar-refractivity contribution in [1.82, 2.24) is 10.3 Å². The number of fused-ring (bicyclic) bond motifs is 1. The fraction of sp³-hybridized carbons (Fsp3) is 0.125. The Morgan fingerprint density at radius 1 is 1.19 bits per heavy atom. The van der Waals surface area contributed by atoms with Gasteiger partial charge in [0.05, 0.1) is 12.8 Å². The van der Waals surface area contributed by atoms with Gasteiger partial charge in [-0.1, -0.05) is 18.2 Å². The second-order valence-corrected chi connectivity index (χ2v) is 4.48. The van der Waals surface area contributed by atoms with E-state index in [0.717, 1.165) is 10.9 Å². The van der Waals surface area contributed by atoms with Crippen LogP contribution in [0.4, 0.5) is 0 Å². The first kappa shape index (κ1) is 13.2. The zero-order valence-corrected chi connectivity index (χ0v) is 11.3. The van der Waals surface area contributed by atoms with Crippen molar-refractivity contribution in [3.8, 4) is 5.75 Å². The molecule has 0 atom stereocenters. The number of amides is 1. The van der Waals surface area contributed by atoms with Crippen molar-refractivity contribution in [3.63, 3.8) is 0 Å². The number of nitrogens with zero attached hydrogens (tertiary/aromatic N) is 1. The van der Waals surface area contributed by atoms with Gasteiger partial charge in [-0.15, -0.1) is 0 Å². The average Bonchev–Trinajstić information content (AvgIpc) is 3.04. The minimum absolute atomic E-state index is 0.0591. The predicted octanol–water partition coefficient (Wildman–Crippen LogP) is 2.52. The maximum absolute atomic E-state index is 11.7. The third-order valence-electron chi connectivity index (χ3n) is 2.99. The van der Waals surface area contributed by atoms with Crippen LogP contribution in [0.15, 0.2) is 59.3 Å². The first-order valence-corrected chi connectivity index (χ1v) is 6.58. The predicted molar refractivity (Wildman–Crippen MR) is 77.8 cm³/mol. The number of nitrogens with one attached hydrogen (secondary N) is 1. The first-order chi connectivity index (χ1) is 10.3. The van der Waals surface area contributed by atoms with Gasteiger partial charge in [-0.2, -0.15) is 0 Å². The Labute approximate surface area is 121 Å². The van der Waals surface area contributed by atoms with Crippen molar-refractivity contribution in [2.75, 3.05) is 6.61 Å². The molecule has 2 aromatic heterocycles. The molecule has 3 aromatic rings. The Kier molecular flexibility index (Phi) is 3.82. The molecule has 0 saturated heterocycles. The summed E-state index contributed by atoms with van der Waals surface area (Å²) in [6.45, 7) is 0.291. The fourth-order valence-corrected chi connectivity index (χ4v) is 1.99. The lowest BCUT2D eigenvalue weighted by Crippen LogP contribution is -2.28. The summed E-state index contributed by atoms with van der Waals surface area (Å²) in [6, 6.07) is 13.0. The highest BCUT2D eigenvalue weighted by Gasteiger charge is 2.07. The zero-order chi connectivity index (χ0) is 14.5. The Morgan fingerprint density at radius 2 is 2.10 bits per heavy atom. The molecule has 0 spiro atoms. The van der Waals surface area contributed by atoms with Crippen LogP contribution in [-0.2, 0) is 11.3 Å². The van der Waals surface area contributed by atoms with E-state index in [0.29, 0.717) is 18.1 Å². The van der Waals surface area contributed by atoms with Crippen molar-refractivity contribution >= 4 is 16.8 Å². The van der Waals surface area contributed by atoms with Gasteiger partial charge in [0.2, 0.25) is 0 Å². The van der Waals surface area contributed by atoms with E-state index < -0.39 is 0 Å². The molecule has 0 saturated carbocycles. The highest BCUT2D eigenvalue weighted by molar-refractivity contribution is 5.85. The van der Waals surface area contributed by atoms with Gasteiger partial charge >= 0.3 is 0 Å². The summed E-state index contributed by atoms with van der Waals surface area (Å²) >= 11 is 0. The fourth-order valence-electron chi connectivity index (χ4n) is 1.99. The molecular weight excluding hydrogens is 268 g/mol. The van der Waals surface area contributed by atoms with Crippen LogP contribution in [0.3, 0.4) is 0 Å². The summed E-state index contributed by atoms with van der Waals surface area (Å²) in [6.07, 6.45) is 3.27. The number of furan rings is 1. The summed E-state index contributed by atoms with van der Waals surface area (Å²) in [5.74, 6) is 1.09. The van der Waals surface area contributed by atoms with Crippen LogP contribution in [0.2, 0.25) is 0 Å². The number of rotatable bonds is 5. The van der Waals surface area contributed by atoms with E-state index in [1.807, 2.05) is 24.3 Å². The van der Waals surface area contributed by atoms with E-state index in [2.05, 4.69) is 10.3 Å². The van der Waals surface area contributed by atoms with E-state index in [1.165, 1.54) is 0 Å². The summed E-state index contributed by atoms with van der Waals surface area (Å²) < 4.78 is 10.7. The molecule has 3 rings (SSSR count). The lowest BCUT2D eigenvalue weighted by Gasteiger charge is -2.08. The summed E-state index contributed by atoms with van der Waals surface area (Å²) in [5.41, 5.74) is 0.749. The van der Waals surface area contributed by atoms with Crippen molar-refractivity contribution in [1.29, 1.82) is 0 Å². The molecular formula is C16H14N2O3. The minimum Gasteiger partial charge on any atom is -0.481 e. The molecule has 5 nitrogen and oxygen atoms in total. The van der Waals surface area contributed by atoms with Gasteiger partial charge in [0.25, 0.3) is 5.91 Å². The van der Waals surface area contributed by atoms with Gasteiger partial charge < -0.3 is 14.5 Å². The number of pyridine rings is 1. The quantitative estimate of drug-likeness (QED) is 0.781. The largest absolute Gasteiger partial charge is 0.481 e. The van der Waals surface area contributed by atoms with Crippen molar-refractivity contribution < 1.29 is 13.9 Å². The van der Waals surface area contributed by atoms with Crippen molar-refractivity contribution in [3.05, 3.63) is 60.7 Å². The third kappa shape index (κ3) is 3.20. The summed E-state index contributed by atoms with van der Waals surface area (Å²) in [5, 5.41) is 3.70. The van der Waals surface area contributed by atoms with Crippen LogP contribution in [0.25, 0.3) is 10.9 Å². The van der Waals surface area contributed by atoms with Gasteiger partial charge in [0.1, 0.15) is 17.0 Å². The molecule has 0 aliphatic heterocycles. The van der Waals surface area contributed by atoms with Crippen LogP contribution in [0, 0.1) is 0 Å². The van der Waals surface area contributed by atoms with Crippen LogP contribution in [0.1, 0.15) is 5.76 Å². The molecule has 0 aliphatic rings. The minimum atomic E-state index is -0.209. The molecule has 1 amide bonds. The Hall–Kier alpha value is -2.82. The molecule has 0 radical (unpaired) electrons. The number of benzene rings is 1. The molecule has 5 heteroatoms. The Morgan fingerprint density at radius 3 is 2.95 bits per heavy atom. The van der Waals surface area contributed by atoms with Crippen molar-refractivity contribution in [2.45, 2.75) is 6.54 Å². The Bertz CT molecular complexity index is 733. The molecule has 2 heterocycles. The van der Waals surface area contributed by atoms with Crippen LogP contribution < -0.4 is 10.1 Å². The van der Waals surface area contributed by atoms with Crippen LogP contribution >= 0.6 is 0 Å². The molecule has 106 valence electrons. The number of ether oxygens (including phenoxy) is 1. The van der Waals surface area contributed by atoms with E-state index in [9.17, 15) is 4.79 Å². The van der Waals surface area contributed by atoms with E-state index in [-0.39, 0.29) is 12.5 Å². The first-order valence-electron chi connectivity index (χ1n) is 6.58. The smallest absolute Gasteiger partial charge is 0.258 e. The van der Waals surface area contributed by atoms with E-state index in [1.54, 1.807) is 30.7 Å². The topological polar surface area (TPSA) is 64.4 Å². The summed E-state index contributed by atoms with van der Waals surface area (Å²) in [4.78, 5) is 16.0. The maximum atomic E-state index is 11.7. The van der Waals surface area contributed by atoms with Gasteiger partial charge in [0.15, 0.2) is 6.61 Å². The molecule has 21 heavy (non-hydrogen) atoms. The van der Waals surface area contributed by atoms with Gasteiger partial charge in [0, 0.05) is 11.6 Å². The SMILES string of the molecule is O=C(COc1cccc2cccnc12)NCc1ccco1. The van der Waals surface area contributed by atoms with Crippen LogP contribution in [-0.4, -0.2) is 17.5 Å². The lowest BCUT2D eigenvalue weighted by molar-refractivity contribution is -0.123. The molecule has 0 fully saturated rings. The highest BCUT2D eigenvalue weighted by atomic mass is 16.5. The van der Waals surface area contributed by atoms with Crippen LogP contribution in [0.5, 0.6) is 5.75 Å². The van der Waals surface area contributed by atoms with E-state index >= 15 is 0 Å². The third-order valence-corrected chi connectivity index (χ3v) is 2.99. The normalized spacial score (nSPS) is 10.5. The second-order valence-electron chi connectivity index (χ2n) is 4.48.